The van der Waals surface area contributed by atoms with Gasteiger partial charge in [-0.15, -0.1) is 11.3 Å². The van der Waals surface area contributed by atoms with Gasteiger partial charge in [0.05, 0.1) is 33.9 Å². The van der Waals surface area contributed by atoms with E-state index in [1.165, 1.54) is 0 Å². The van der Waals surface area contributed by atoms with Crippen molar-refractivity contribution in [2.45, 2.75) is 20.0 Å². The summed E-state index contributed by atoms with van der Waals surface area (Å²) >= 11 is 1.57. The molecule has 1 amide bonds. The maximum Gasteiger partial charge on any atom is 0.270 e. The number of nitrogens with one attached hydrogen (secondary N) is 1. The first-order chi connectivity index (χ1) is 16.6. The Bertz CT molecular complexity index is 1600. The number of imidazole rings is 1. The molecule has 0 bridgehead atoms. The van der Waals surface area contributed by atoms with Gasteiger partial charge in [0.15, 0.2) is 0 Å². The fraction of sp³-hybridized carbons (Fsp3) is 0.192. The molecule has 6 rings (SSSR count). The van der Waals surface area contributed by atoms with E-state index in [0.717, 1.165) is 49.5 Å². The summed E-state index contributed by atoms with van der Waals surface area (Å²) in [6.45, 7) is 3.43. The topological polar surface area (TPSA) is 86.9 Å². The predicted molar refractivity (Wildman–Crippen MR) is 132 cm³/mol. The lowest BCUT2D eigenvalue weighted by molar-refractivity contribution is 0.0723. The highest BCUT2D eigenvalue weighted by atomic mass is 32.1. The first-order valence-electron chi connectivity index (χ1n) is 11.1. The van der Waals surface area contributed by atoms with Crippen molar-refractivity contribution in [1.29, 1.82) is 5.26 Å². The number of rotatable bonds is 3. The van der Waals surface area contributed by atoms with E-state index < -0.39 is 0 Å². The van der Waals surface area contributed by atoms with Gasteiger partial charge in [-0.2, -0.15) is 5.26 Å². The number of aromatic amines is 1. The number of carbonyl (C=O) groups excluding carboxylic acids is 1. The predicted octanol–water partition coefficient (Wildman–Crippen LogP) is 5.11. The van der Waals surface area contributed by atoms with Gasteiger partial charge in [-0.05, 0) is 59.8 Å². The van der Waals surface area contributed by atoms with Crippen LogP contribution in [0.1, 0.15) is 21.9 Å². The molecule has 0 fully saturated rings. The minimum absolute atomic E-state index is 0.0881. The van der Waals surface area contributed by atoms with Crippen molar-refractivity contribution < 1.29 is 9.53 Å². The van der Waals surface area contributed by atoms with Crippen molar-refractivity contribution in [1.82, 2.24) is 19.4 Å². The number of aryl methyl sites for hydroxylation is 1. The summed E-state index contributed by atoms with van der Waals surface area (Å²) in [7, 11) is 0. The smallest absolute Gasteiger partial charge is 0.270 e. The molecule has 0 unspecified atom stereocenters. The monoisotopic (exact) mass is 467 g/mol. The molecule has 0 atom stereocenters. The summed E-state index contributed by atoms with van der Waals surface area (Å²) in [4.78, 5) is 23.1. The summed E-state index contributed by atoms with van der Waals surface area (Å²) in [5, 5.41) is 11.3. The van der Waals surface area contributed by atoms with E-state index in [4.69, 9.17) is 4.74 Å². The van der Waals surface area contributed by atoms with Crippen molar-refractivity contribution in [2.75, 3.05) is 13.2 Å². The minimum Gasteiger partial charge on any atom is -0.491 e. The van der Waals surface area contributed by atoms with Crippen LogP contribution in [-0.4, -0.2) is 38.5 Å². The number of thiophene rings is 1. The van der Waals surface area contributed by atoms with E-state index in [1.54, 1.807) is 15.9 Å². The molecule has 3 aromatic heterocycles. The van der Waals surface area contributed by atoms with Crippen LogP contribution >= 0.6 is 11.3 Å². The quantitative estimate of drug-likeness (QED) is 0.399. The summed E-state index contributed by atoms with van der Waals surface area (Å²) in [5.41, 5.74) is 6.50. The zero-order valence-electron chi connectivity index (χ0n) is 18.5. The van der Waals surface area contributed by atoms with Crippen LogP contribution in [0.4, 0.5) is 0 Å². The van der Waals surface area contributed by atoms with Crippen LogP contribution < -0.4 is 4.74 Å². The fourth-order valence-electron chi connectivity index (χ4n) is 4.62. The van der Waals surface area contributed by atoms with Gasteiger partial charge in [0.1, 0.15) is 30.4 Å². The van der Waals surface area contributed by atoms with Crippen LogP contribution in [-0.2, 0) is 13.1 Å². The van der Waals surface area contributed by atoms with Gasteiger partial charge < -0.3 is 19.2 Å². The second-order valence-electron chi connectivity index (χ2n) is 8.40. The van der Waals surface area contributed by atoms with Crippen molar-refractivity contribution in [3.63, 3.8) is 0 Å². The third kappa shape index (κ3) is 3.42. The molecule has 2 aromatic carbocycles. The van der Waals surface area contributed by atoms with E-state index in [-0.39, 0.29) is 12.5 Å². The van der Waals surface area contributed by atoms with E-state index >= 15 is 0 Å². The van der Waals surface area contributed by atoms with E-state index in [0.29, 0.717) is 25.4 Å². The van der Waals surface area contributed by atoms with Crippen LogP contribution in [0.15, 0.2) is 53.9 Å². The lowest BCUT2D eigenvalue weighted by atomic mass is 10.0. The molecule has 8 heteroatoms. The molecular formula is C26H21N5O2S. The first-order valence-corrected chi connectivity index (χ1v) is 11.9. The second kappa shape index (κ2) is 8.04. The van der Waals surface area contributed by atoms with Gasteiger partial charge in [0, 0.05) is 12.1 Å². The largest absolute Gasteiger partial charge is 0.491 e. The van der Waals surface area contributed by atoms with E-state index in [9.17, 15) is 10.1 Å². The van der Waals surface area contributed by atoms with Crippen LogP contribution in [0, 0.1) is 18.3 Å². The Labute approximate surface area is 199 Å². The molecular weight excluding hydrogens is 446 g/mol. The number of fused-ring (bicyclic) bond motifs is 3. The number of aromatic nitrogens is 3. The second-order valence-corrected chi connectivity index (χ2v) is 9.34. The maximum absolute atomic E-state index is 13.6. The Morgan fingerprint density at radius 1 is 1.21 bits per heavy atom. The number of benzene rings is 2. The lowest BCUT2D eigenvalue weighted by Gasteiger charge is -2.20. The molecule has 5 aromatic rings. The fourth-order valence-corrected chi connectivity index (χ4v) is 5.44. The highest BCUT2D eigenvalue weighted by Gasteiger charge is 2.25. The van der Waals surface area contributed by atoms with Gasteiger partial charge in [0.25, 0.3) is 5.91 Å². The molecule has 0 saturated carbocycles. The zero-order chi connectivity index (χ0) is 23.2. The molecule has 0 spiro atoms. The maximum atomic E-state index is 13.6. The summed E-state index contributed by atoms with van der Waals surface area (Å²) in [6, 6.07) is 18.3. The van der Waals surface area contributed by atoms with Crippen molar-refractivity contribution in [3.05, 3.63) is 71.0 Å². The van der Waals surface area contributed by atoms with Crippen LogP contribution in [0.2, 0.25) is 0 Å². The number of H-pyrrole nitrogens is 1. The Hall–Kier alpha value is -4.09. The van der Waals surface area contributed by atoms with E-state index in [2.05, 4.69) is 34.2 Å². The number of carbonyl (C=O) groups is 1. The molecule has 1 N–H and O–H groups in total. The van der Waals surface area contributed by atoms with Crippen molar-refractivity contribution >= 4 is 38.5 Å². The molecule has 1 aliphatic heterocycles. The third-order valence-corrected chi connectivity index (χ3v) is 7.09. The lowest BCUT2D eigenvalue weighted by Crippen LogP contribution is -2.33. The average molecular weight is 468 g/mol. The van der Waals surface area contributed by atoms with Gasteiger partial charge >= 0.3 is 0 Å². The van der Waals surface area contributed by atoms with Crippen LogP contribution in [0.25, 0.3) is 32.4 Å². The van der Waals surface area contributed by atoms with Crippen LogP contribution in [0.3, 0.4) is 0 Å². The molecule has 0 radical (unpaired) electrons. The van der Waals surface area contributed by atoms with Crippen molar-refractivity contribution in [3.8, 4) is 22.9 Å². The Balaban J connectivity index is 1.34. The van der Waals surface area contributed by atoms with Crippen molar-refractivity contribution in [2.24, 2.45) is 0 Å². The summed E-state index contributed by atoms with van der Waals surface area (Å²) < 4.78 is 8.80. The molecule has 0 saturated heterocycles. The number of hydrogen-bond donors (Lipinski definition) is 1. The third-order valence-electron chi connectivity index (χ3n) is 6.23. The Morgan fingerprint density at radius 3 is 2.94 bits per heavy atom. The molecule has 168 valence electrons. The van der Waals surface area contributed by atoms with Crippen LogP contribution in [0.5, 0.6) is 5.75 Å². The standard InChI is InChI=1S/C26H21N5O2S/c1-16-28-20-4-2-18(13-21(20)29-16)17-3-5-24-19(12-17)15-30(9-10-33-24)26(32)23-14-25-22(6-11-34-25)31(23)8-7-27/h2-6,11-14H,8-10,15H2,1H3,(H,28,29). The Morgan fingerprint density at radius 2 is 2.06 bits per heavy atom. The van der Waals surface area contributed by atoms with Gasteiger partial charge in [-0.3, -0.25) is 4.79 Å². The highest BCUT2D eigenvalue weighted by molar-refractivity contribution is 7.17. The van der Waals surface area contributed by atoms with Gasteiger partial charge in [-0.1, -0.05) is 12.1 Å². The minimum atomic E-state index is -0.0881. The number of nitrogens with zero attached hydrogens (tertiary/aromatic N) is 4. The van der Waals surface area contributed by atoms with E-state index in [1.807, 2.05) is 47.5 Å². The summed E-state index contributed by atoms with van der Waals surface area (Å²) in [6.07, 6.45) is 0. The number of hydrogen-bond acceptors (Lipinski definition) is 5. The number of nitriles is 1. The number of ether oxygens (including phenoxy) is 1. The zero-order valence-corrected chi connectivity index (χ0v) is 19.4. The summed E-state index contributed by atoms with van der Waals surface area (Å²) in [5.74, 6) is 1.60. The molecule has 0 aliphatic carbocycles. The molecule has 7 nitrogen and oxygen atoms in total. The normalized spacial score (nSPS) is 13.5. The Kier molecular flexibility index (Phi) is 4.85. The van der Waals surface area contributed by atoms with Gasteiger partial charge in [0.2, 0.25) is 0 Å². The average Bonchev–Trinajstić information content (AvgIpc) is 3.48. The number of amides is 1. The first kappa shape index (κ1) is 20.5. The highest BCUT2D eigenvalue weighted by Crippen LogP contribution is 2.32. The molecule has 34 heavy (non-hydrogen) atoms. The van der Waals surface area contributed by atoms with Gasteiger partial charge in [-0.25, -0.2) is 4.98 Å². The SMILES string of the molecule is Cc1nc2ccc(-c3ccc4c(c3)CN(C(=O)c3cc5sccc5n3CC#N)CCO4)cc2[nH]1. The molecule has 4 heterocycles. The molecule has 1 aliphatic rings.